The van der Waals surface area contributed by atoms with Gasteiger partial charge in [-0.05, 0) is 39.3 Å². The van der Waals surface area contributed by atoms with Crippen LogP contribution in [0.2, 0.25) is 0 Å². The number of nitrogens with zero attached hydrogens (tertiary/aromatic N) is 1. The molecule has 116 valence electrons. The lowest BCUT2D eigenvalue weighted by Gasteiger charge is -2.29. The van der Waals surface area contributed by atoms with Crippen molar-refractivity contribution in [1.29, 1.82) is 0 Å². The third-order valence-electron chi connectivity index (χ3n) is 4.20. The molecule has 1 heteroatoms. The van der Waals surface area contributed by atoms with Crippen LogP contribution in [-0.2, 0) is 0 Å². The highest BCUT2D eigenvalue weighted by Crippen LogP contribution is 2.13. The summed E-state index contributed by atoms with van der Waals surface area (Å²) < 4.78 is 0. The molecule has 0 aliphatic heterocycles. The number of unbranched alkanes of at least 4 members (excludes halogenated alkanes) is 7. The second-order valence-electron chi connectivity index (χ2n) is 6.15. The summed E-state index contributed by atoms with van der Waals surface area (Å²) in [6.07, 6.45) is 15.3. The predicted molar refractivity (Wildman–Crippen MR) is 88.8 cm³/mol. The minimum Gasteiger partial charge on any atom is -0.301 e. The fraction of sp³-hybridized carbons (Fsp3) is 1.00. The maximum absolute atomic E-state index is 2.76. The highest BCUT2D eigenvalue weighted by molar-refractivity contribution is 4.67. The van der Waals surface area contributed by atoms with Gasteiger partial charge in [-0.25, -0.2) is 0 Å². The zero-order chi connectivity index (χ0) is 14.3. The molecule has 19 heavy (non-hydrogen) atoms. The summed E-state index contributed by atoms with van der Waals surface area (Å²) in [4.78, 5) is 2.76. The van der Waals surface area contributed by atoms with Crippen LogP contribution in [0.5, 0.6) is 0 Å². The first kappa shape index (κ1) is 19.0. The van der Waals surface area contributed by atoms with Gasteiger partial charge in [0.05, 0.1) is 0 Å². The van der Waals surface area contributed by atoms with Gasteiger partial charge >= 0.3 is 0 Å². The fourth-order valence-corrected chi connectivity index (χ4v) is 2.72. The van der Waals surface area contributed by atoms with Gasteiger partial charge in [-0.3, -0.25) is 0 Å². The van der Waals surface area contributed by atoms with Crippen LogP contribution in [0.4, 0.5) is 0 Å². The summed E-state index contributed by atoms with van der Waals surface area (Å²) in [6.45, 7) is 12.0. The summed E-state index contributed by atoms with van der Waals surface area (Å²) in [7, 11) is 0. The molecule has 0 heterocycles. The molecule has 1 unspecified atom stereocenters. The largest absolute Gasteiger partial charge is 0.301 e. The quantitative estimate of drug-likeness (QED) is 0.348. The average molecular weight is 270 g/mol. The normalized spacial score (nSPS) is 13.1. The first-order valence-electron chi connectivity index (χ1n) is 9.00. The van der Waals surface area contributed by atoms with Gasteiger partial charge in [0.2, 0.25) is 0 Å². The van der Waals surface area contributed by atoms with Crippen LogP contribution in [0, 0.1) is 0 Å². The number of hydrogen-bond donors (Lipinski definition) is 0. The van der Waals surface area contributed by atoms with Crippen molar-refractivity contribution in [3.05, 3.63) is 0 Å². The highest BCUT2D eigenvalue weighted by atomic mass is 15.1. The van der Waals surface area contributed by atoms with Crippen molar-refractivity contribution < 1.29 is 0 Å². The van der Waals surface area contributed by atoms with Crippen LogP contribution in [0.3, 0.4) is 0 Å². The van der Waals surface area contributed by atoms with E-state index in [1.165, 1.54) is 83.7 Å². The van der Waals surface area contributed by atoms with Crippen LogP contribution >= 0.6 is 0 Å². The van der Waals surface area contributed by atoms with Crippen molar-refractivity contribution in [2.75, 3.05) is 13.1 Å². The van der Waals surface area contributed by atoms with E-state index in [-0.39, 0.29) is 0 Å². The Balaban J connectivity index is 3.91. The van der Waals surface area contributed by atoms with Crippen molar-refractivity contribution in [1.82, 2.24) is 4.90 Å². The number of hydrogen-bond acceptors (Lipinski definition) is 1. The van der Waals surface area contributed by atoms with Gasteiger partial charge in [0.1, 0.15) is 0 Å². The van der Waals surface area contributed by atoms with Gasteiger partial charge in [0.15, 0.2) is 0 Å². The monoisotopic (exact) mass is 269 g/mol. The SMILES string of the molecule is CCCCCCN(CCCCCC)C(C)CCCC. The molecule has 0 aliphatic carbocycles. The Morgan fingerprint density at radius 3 is 1.53 bits per heavy atom. The molecule has 0 N–H and O–H groups in total. The Morgan fingerprint density at radius 2 is 1.11 bits per heavy atom. The van der Waals surface area contributed by atoms with Crippen LogP contribution in [0.1, 0.15) is 98.3 Å². The summed E-state index contributed by atoms with van der Waals surface area (Å²) in [5.74, 6) is 0. The molecule has 0 aromatic rings. The molecule has 1 nitrogen and oxygen atoms in total. The van der Waals surface area contributed by atoms with E-state index in [0.717, 1.165) is 6.04 Å². The van der Waals surface area contributed by atoms with E-state index < -0.39 is 0 Å². The standard InChI is InChI=1S/C18H39N/c1-5-8-11-13-16-19(17-14-12-9-6-2)18(4)15-10-7-3/h18H,5-17H2,1-4H3. The maximum Gasteiger partial charge on any atom is 0.00669 e. The lowest BCUT2D eigenvalue weighted by atomic mass is 10.1. The Hall–Kier alpha value is -0.0400. The molecule has 0 amide bonds. The predicted octanol–water partition coefficient (Wildman–Crippen LogP) is 6.03. The summed E-state index contributed by atoms with van der Waals surface area (Å²) in [6, 6.07) is 0.795. The van der Waals surface area contributed by atoms with Crippen LogP contribution in [0.25, 0.3) is 0 Å². The van der Waals surface area contributed by atoms with Gasteiger partial charge in [-0.1, -0.05) is 72.1 Å². The third kappa shape index (κ3) is 11.5. The lowest BCUT2D eigenvalue weighted by molar-refractivity contribution is 0.188. The van der Waals surface area contributed by atoms with Gasteiger partial charge in [-0.15, -0.1) is 0 Å². The molecule has 0 saturated heterocycles. The zero-order valence-electron chi connectivity index (χ0n) is 14.2. The van der Waals surface area contributed by atoms with E-state index in [4.69, 9.17) is 0 Å². The van der Waals surface area contributed by atoms with Crippen molar-refractivity contribution >= 4 is 0 Å². The smallest absolute Gasteiger partial charge is 0.00669 e. The summed E-state index contributed by atoms with van der Waals surface area (Å²) in [5.41, 5.74) is 0. The summed E-state index contributed by atoms with van der Waals surface area (Å²) in [5, 5.41) is 0. The minimum atomic E-state index is 0.795. The second kappa shape index (κ2) is 14.4. The zero-order valence-corrected chi connectivity index (χ0v) is 14.2. The minimum absolute atomic E-state index is 0.795. The molecular weight excluding hydrogens is 230 g/mol. The van der Waals surface area contributed by atoms with Crippen molar-refractivity contribution in [2.45, 2.75) is 104 Å². The topological polar surface area (TPSA) is 3.24 Å². The Bertz CT molecular complexity index is 155. The molecule has 0 aromatic heterocycles. The van der Waals surface area contributed by atoms with Gasteiger partial charge in [0.25, 0.3) is 0 Å². The van der Waals surface area contributed by atoms with E-state index in [1.807, 2.05) is 0 Å². The molecule has 0 aromatic carbocycles. The van der Waals surface area contributed by atoms with Crippen LogP contribution in [0.15, 0.2) is 0 Å². The fourth-order valence-electron chi connectivity index (χ4n) is 2.72. The van der Waals surface area contributed by atoms with Crippen LogP contribution < -0.4 is 0 Å². The van der Waals surface area contributed by atoms with Crippen molar-refractivity contribution in [2.24, 2.45) is 0 Å². The number of rotatable bonds is 14. The van der Waals surface area contributed by atoms with Crippen molar-refractivity contribution in [3.8, 4) is 0 Å². The van der Waals surface area contributed by atoms with Crippen LogP contribution in [-0.4, -0.2) is 24.0 Å². The van der Waals surface area contributed by atoms with Gasteiger partial charge in [0, 0.05) is 6.04 Å². The molecule has 0 aliphatic rings. The van der Waals surface area contributed by atoms with Gasteiger partial charge < -0.3 is 4.90 Å². The molecule has 0 spiro atoms. The maximum atomic E-state index is 2.76. The summed E-state index contributed by atoms with van der Waals surface area (Å²) >= 11 is 0. The van der Waals surface area contributed by atoms with E-state index in [9.17, 15) is 0 Å². The Morgan fingerprint density at radius 1 is 0.632 bits per heavy atom. The highest BCUT2D eigenvalue weighted by Gasteiger charge is 2.12. The molecule has 0 bridgehead atoms. The third-order valence-corrected chi connectivity index (χ3v) is 4.20. The van der Waals surface area contributed by atoms with Crippen molar-refractivity contribution in [3.63, 3.8) is 0 Å². The second-order valence-corrected chi connectivity index (χ2v) is 6.15. The van der Waals surface area contributed by atoms with E-state index in [0.29, 0.717) is 0 Å². The lowest BCUT2D eigenvalue weighted by Crippen LogP contribution is -2.35. The van der Waals surface area contributed by atoms with Gasteiger partial charge in [-0.2, -0.15) is 0 Å². The first-order chi connectivity index (χ1) is 9.26. The molecule has 0 saturated carbocycles. The molecular formula is C18H39N. The van der Waals surface area contributed by atoms with E-state index in [2.05, 4.69) is 32.6 Å². The molecule has 0 rings (SSSR count). The average Bonchev–Trinajstić information content (AvgIpc) is 2.43. The van der Waals surface area contributed by atoms with E-state index >= 15 is 0 Å². The molecule has 1 atom stereocenters. The Labute approximate surface area is 123 Å². The first-order valence-corrected chi connectivity index (χ1v) is 9.00. The molecule has 0 radical (unpaired) electrons. The van der Waals surface area contributed by atoms with E-state index in [1.54, 1.807) is 0 Å². The molecule has 0 fully saturated rings. The Kier molecular flexibility index (Phi) is 14.3.